The van der Waals surface area contributed by atoms with Crippen LogP contribution in [0.25, 0.3) is 0 Å². The average molecular weight is 250 g/mol. The van der Waals surface area contributed by atoms with Gasteiger partial charge in [-0.05, 0) is 32.0 Å². The van der Waals surface area contributed by atoms with Crippen molar-refractivity contribution in [3.63, 3.8) is 0 Å². The topological polar surface area (TPSA) is 36.9 Å². The summed E-state index contributed by atoms with van der Waals surface area (Å²) in [5.41, 5.74) is 0.727. The first-order chi connectivity index (χ1) is 8.81. The van der Waals surface area contributed by atoms with E-state index in [2.05, 4.69) is 5.92 Å². The van der Waals surface area contributed by atoms with Gasteiger partial charge in [0.25, 0.3) is 0 Å². The molecular weight excluding hydrogens is 232 g/mol. The first kappa shape index (κ1) is 14.4. The van der Waals surface area contributed by atoms with Crippen LogP contribution in [0.2, 0.25) is 0 Å². The van der Waals surface area contributed by atoms with Gasteiger partial charge in [0.15, 0.2) is 25.1 Å². The van der Waals surface area contributed by atoms with E-state index >= 15 is 0 Å². The van der Waals surface area contributed by atoms with Crippen LogP contribution < -0.4 is 9.47 Å². The Morgan fingerprint density at radius 3 is 2.17 bits per heavy atom. The van der Waals surface area contributed by atoms with Crippen LogP contribution in [-0.4, -0.2) is 26.8 Å². The largest absolute Gasteiger partial charge is 0.464 e. The molecule has 4 heteroatoms. The summed E-state index contributed by atoms with van der Waals surface area (Å²) in [7, 11) is 0. The van der Waals surface area contributed by atoms with Gasteiger partial charge in [0.1, 0.15) is 0 Å². The number of terminal acetylenes is 1. The van der Waals surface area contributed by atoms with Gasteiger partial charge in [-0.25, -0.2) is 0 Å². The lowest BCUT2D eigenvalue weighted by Crippen LogP contribution is -2.06. The summed E-state index contributed by atoms with van der Waals surface area (Å²) in [6.45, 7) is 5.32. The highest BCUT2D eigenvalue weighted by Crippen LogP contribution is 2.28. The average Bonchev–Trinajstić information content (AvgIpc) is 2.40. The van der Waals surface area contributed by atoms with Crippen molar-refractivity contribution in [1.82, 2.24) is 0 Å². The van der Waals surface area contributed by atoms with Crippen molar-refractivity contribution in [1.29, 1.82) is 0 Å². The summed E-state index contributed by atoms with van der Waals surface area (Å²) < 4.78 is 21.1. The minimum atomic E-state index is 0.162. The minimum absolute atomic E-state index is 0.162. The van der Waals surface area contributed by atoms with Gasteiger partial charge in [0.2, 0.25) is 0 Å². The van der Waals surface area contributed by atoms with Crippen LogP contribution in [0.3, 0.4) is 0 Å². The maximum atomic E-state index is 5.45. The second-order valence-electron chi connectivity index (χ2n) is 3.32. The second kappa shape index (κ2) is 8.40. The highest BCUT2D eigenvalue weighted by atomic mass is 16.7. The quantitative estimate of drug-likeness (QED) is 0.403. The Balaban J connectivity index is 2.70. The summed E-state index contributed by atoms with van der Waals surface area (Å²) in [6, 6.07) is 5.28. The zero-order valence-electron chi connectivity index (χ0n) is 10.8. The van der Waals surface area contributed by atoms with Crippen molar-refractivity contribution in [3.05, 3.63) is 23.8 Å². The highest BCUT2D eigenvalue weighted by Gasteiger charge is 2.06. The van der Waals surface area contributed by atoms with Gasteiger partial charge in [-0.1, -0.05) is 5.92 Å². The van der Waals surface area contributed by atoms with E-state index in [-0.39, 0.29) is 13.6 Å². The highest BCUT2D eigenvalue weighted by molar-refractivity contribution is 5.47. The first-order valence-electron chi connectivity index (χ1n) is 5.83. The third-order valence-electron chi connectivity index (χ3n) is 2.11. The molecule has 0 atom stereocenters. The molecule has 0 saturated heterocycles. The van der Waals surface area contributed by atoms with Crippen molar-refractivity contribution >= 4 is 0 Å². The third kappa shape index (κ3) is 4.66. The Kier molecular flexibility index (Phi) is 6.70. The molecular formula is C14H18O4. The van der Waals surface area contributed by atoms with E-state index in [1.165, 1.54) is 0 Å². The Morgan fingerprint density at radius 2 is 1.61 bits per heavy atom. The Hall–Kier alpha value is -1.70. The van der Waals surface area contributed by atoms with Crippen molar-refractivity contribution in [2.24, 2.45) is 0 Å². The lowest BCUT2D eigenvalue weighted by Gasteiger charge is -2.12. The van der Waals surface area contributed by atoms with Gasteiger partial charge in [-0.15, -0.1) is 6.42 Å². The van der Waals surface area contributed by atoms with Crippen LogP contribution >= 0.6 is 0 Å². The third-order valence-corrected chi connectivity index (χ3v) is 2.11. The van der Waals surface area contributed by atoms with Crippen molar-refractivity contribution < 1.29 is 18.9 Å². The molecule has 0 aliphatic heterocycles. The van der Waals surface area contributed by atoms with E-state index in [1.54, 1.807) is 18.2 Å². The van der Waals surface area contributed by atoms with E-state index in [9.17, 15) is 0 Å². The SMILES string of the molecule is C#Cc1ccc(OCOCC)c(OCOCC)c1. The maximum absolute atomic E-state index is 5.45. The van der Waals surface area contributed by atoms with E-state index in [1.807, 2.05) is 13.8 Å². The van der Waals surface area contributed by atoms with Crippen molar-refractivity contribution in [3.8, 4) is 23.8 Å². The van der Waals surface area contributed by atoms with Crippen LogP contribution in [0, 0.1) is 12.3 Å². The van der Waals surface area contributed by atoms with E-state index in [4.69, 9.17) is 25.4 Å². The molecule has 0 unspecified atom stereocenters. The molecule has 0 bridgehead atoms. The fourth-order valence-electron chi connectivity index (χ4n) is 1.21. The lowest BCUT2D eigenvalue weighted by atomic mass is 10.2. The van der Waals surface area contributed by atoms with Gasteiger partial charge < -0.3 is 18.9 Å². The van der Waals surface area contributed by atoms with E-state index in [0.29, 0.717) is 24.7 Å². The molecule has 0 aliphatic carbocycles. The molecule has 0 saturated carbocycles. The predicted octanol–water partition coefficient (Wildman–Crippen LogP) is 2.41. The molecule has 0 fully saturated rings. The molecule has 98 valence electrons. The number of rotatable bonds is 8. The normalized spacial score (nSPS) is 9.83. The molecule has 0 aromatic heterocycles. The molecule has 18 heavy (non-hydrogen) atoms. The predicted molar refractivity (Wildman–Crippen MR) is 68.6 cm³/mol. The summed E-state index contributed by atoms with van der Waals surface area (Å²) in [6.07, 6.45) is 5.34. The van der Waals surface area contributed by atoms with Crippen molar-refractivity contribution in [2.45, 2.75) is 13.8 Å². The number of ether oxygens (including phenoxy) is 4. The minimum Gasteiger partial charge on any atom is -0.464 e. The number of benzene rings is 1. The monoisotopic (exact) mass is 250 g/mol. The summed E-state index contributed by atoms with van der Waals surface area (Å²) in [4.78, 5) is 0. The maximum Gasteiger partial charge on any atom is 0.189 e. The van der Waals surface area contributed by atoms with Gasteiger partial charge in [-0.2, -0.15) is 0 Å². The lowest BCUT2D eigenvalue weighted by molar-refractivity contribution is 0.00605. The van der Waals surface area contributed by atoms with Crippen LogP contribution in [0.5, 0.6) is 11.5 Å². The summed E-state index contributed by atoms with van der Waals surface area (Å²) >= 11 is 0. The second-order valence-corrected chi connectivity index (χ2v) is 3.32. The van der Waals surface area contributed by atoms with E-state index < -0.39 is 0 Å². The van der Waals surface area contributed by atoms with Crippen LogP contribution in [0.1, 0.15) is 19.4 Å². The van der Waals surface area contributed by atoms with Crippen molar-refractivity contribution in [2.75, 3.05) is 26.8 Å². The Labute approximate surface area is 108 Å². The first-order valence-corrected chi connectivity index (χ1v) is 5.83. The molecule has 0 spiro atoms. The smallest absolute Gasteiger partial charge is 0.189 e. The zero-order valence-corrected chi connectivity index (χ0v) is 10.8. The zero-order chi connectivity index (χ0) is 13.2. The summed E-state index contributed by atoms with van der Waals surface area (Å²) in [5.74, 6) is 3.68. The molecule has 4 nitrogen and oxygen atoms in total. The molecule has 0 aliphatic rings. The molecule has 1 aromatic rings. The van der Waals surface area contributed by atoms with Gasteiger partial charge in [0.05, 0.1) is 0 Å². The van der Waals surface area contributed by atoms with E-state index in [0.717, 1.165) is 5.56 Å². The van der Waals surface area contributed by atoms with Gasteiger partial charge in [0, 0.05) is 18.8 Å². The van der Waals surface area contributed by atoms with Crippen LogP contribution in [0.15, 0.2) is 18.2 Å². The van der Waals surface area contributed by atoms with Gasteiger partial charge >= 0.3 is 0 Å². The fraction of sp³-hybridized carbons (Fsp3) is 0.429. The molecule has 1 rings (SSSR count). The van der Waals surface area contributed by atoms with Gasteiger partial charge in [-0.3, -0.25) is 0 Å². The van der Waals surface area contributed by atoms with Crippen LogP contribution in [0.4, 0.5) is 0 Å². The summed E-state index contributed by atoms with van der Waals surface area (Å²) in [5, 5.41) is 0. The molecule has 0 N–H and O–H groups in total. The standard InChI is InChI=1S/C14H18O4/c1-4-12-7-8-13(17-10-15-5-2)14(9-12)18-11-16-6-3/h1,7-9H,5-6,10-11H2,2-3H3. The number of hydrogen-bond acceptors (Lipinski definition) is 4. The fourth-order valence-corrected chi connectivity index (χ4v) is 1.21. The molecule has 0 radical (unpaired) electrons. The number of hydrogen-bond donors (Lipinski definition) is 0. The molecule has 1 aromatic carbocycles. The molecule has 0 amide bonds. The Bertz CT molecular complexity index is 395. The van der Waals surface area contributed by atoms with Crippen LogP contribution in [-0.2, 0) is 9.47 Å². The Morgan fingerprint density at radius 1 is 1.00 bits per heavy atom. The molecule has 0 heterocycles.